The summed E-state index contributed by atoms with van der Waals surface area (Å²) in [6.45, 7) is 4.54. The van der Waals surface area contributed by atoms with E-state index in [1.165, 1.54) is 0 Å². The number of anilines is 2. The predicted octanol–water partition coefficient (Wildman–Crippen LogP) is 1.96. The number of ether oxygens (including phenoxy) is 1. The molecule has 1 aromatic rings. The molecule has 4 nitrogen and oxygen atoms in total. The number of hydrogen-bond acceptors (Lipinski definition) is 4. The van der Waals surface area contributed by atoms with Crippen LogP contribution in [0.1, 0.15) is 13.3 Å². The third-order valence-electron chi connectivity index (χ3n) is 2.01. The van der Waals surface area contributed by atoms with Gasteiger partial charge in [0.25, 0.3) is 0 Å². The van der Waals surface area contributed by atoms with Gasteiger partial charge < -0.3 is 15.4 Å². The number of nitrogens with zero attached hydrogens (tertiary/aromatic N) is 1. The molecular formula is C11H19N3O. The SMILES string of the molecule is CCOCCCNc1ccnc(NC)c1. The summed E-state index contributed by atoms with van der Waals surface area (Å²) in [7, 11) is 1.86. The van der Waals surface area contributed by atoms with E-state index in [9.17, 15) is 0 Å². The van der Waals surface area contributed by atoms with Gasteiger partial charge in [-0.3, -0.25) is 0 Å². The molecule has 1 heterocycles. The van der Waals surface area contributed by atoms with E-state index in [2.05, 4.69) is 15.6 Å². The fraction of sp³-hybridized carbons (Fsp3) is 0.545. The van der Waals surface area contributed by atoms with E-state index in [-0.39, 0.29) is 0 Å². The van der Waals surface area contributed by atoms with E-state index < -0.39 is 0 Å². The largest absolute Gasteiger partial charge is 0.385 e. The van der Waals surface area contributed by atoms with Crippen molar-refractivity contribution >= 4 is 11.5 Å². The van der Waals surface area contributed by atoms with Gasteiger partial charge in [0.05, 0.1) is 0 Å². The summed E-state index contributed by atoms with van der Waals surface area (Å²) in [5.74, 6) is 0.879. The lowest BCUT2D eigenvalue weighted by Gasteiger charge is -2.07. The summed E-state index contributed by atoms with van der Waals surface area (Å²) >= 11 is 0. The summed E-state index contributed by atoms with van der Waals surface area (Å²) in [4.78, 5) is 4.14. The zero-order valence-corrected chi connectivity index (χ0v) is 9.42. The first-order chi connectivity index (χ1) is 7.36. The molecule has 1 rings (SSSR count). The van der Waals surface area contributed by atoms with Crippen molar-refractivity contribution < 1.29 is 4.74 Å². The van der Waals surface area contributed by atoms with Crippen molar-refractivity contribution in [3.8, 4) is 0 Å². The highest BCUT2D eigenvalue weighted by molar-refractivity contribution is 5.51. The van der Waals surface area contributed by atoms with Crippen LogP contribution < -0.4 is 10.6 Å². The molecule has 0 atom stereocenters. The second-order valence-corrected chi connectivity index (χ2v) is 3.16. The topological polar surface area (TPSA) is 46.2 Å². The summed E-state index contributed by atoms with van der Waals surface area (Å²) < 4.78 is 5.25. The molecule has 0 saturated carbocycles. The number of rotatable bonds is 7. The number of nitrogens with one attached hydrogen (secondary N) is 2. The first kappa shape index (κ1) is 11.8. The van der Waals surface area contributed by atoms with Crippen LogP contribution in [0.15, 0.2) is 18.3 Å². The Balaban J connectivity index is 2.24. The van der Waals surface area contributed by atoms with Gasteiger partial charge in [-0.05, 0) is 19.4 Å². The lowest BCUT2D eigenvalue weighted by molar-refractivity contribution is 0.147. The van der Waals surface area contributed by atoms with E-state index in [4.69, 9.17) is 4.74 Å². The van der Waals surface area contributed by atoms with E-state index >= 15 is 0 Å². The Bertz CT molecular complexity index is 278. The van der Waals surface area contributed by atoms with Crippen molar-refractivity contribution in [1.29, 1.82) is 0 Å². The van der Waals surface area contributed by atoms with Gasteiger partial charge in [-0.15, -0.1) is 0 Å². The van der Waals surface area contributed by atoms with Gasteiger partial charge in [-0.2, -0.15) is 0 Å². The van der Waals surface area contributed by atoms with Crippen LogP contribution >= 0.6 is 0 Å². The van der Waals surface area contributed by atoms with Gasteiger partial charge in [0.2, 0.25) is 0 Å². The van der Waals surface area contributed by atoms with Crippen molar-refractivity contribution in [3.05, 3.63) is 18.3 Å². The molecule has 0 aromatic carbocycles. The van der Waals surface area contributed by atoms with Gasteiger partial charge in [0.1, 0.15) is 5.82 Å². The maximum Gasteiger partial charge on any atom is 0.127 e. The Labute approximate surface area is 91.1 Å². The van der Waals surface area contributed by atoms with E-state index in [1.807, 2.05) is 26.1 Å². The Kier molecular flexibility index (Phi) is 5.55. The molecule has 0 fully saturated rings. The summed E-state index contributed by atoms with van der Waals surface area (Å²) in [6.07, 6.45) is 2.81. The molecule has 0 unspecified atom stereocenters. The molecule has 0 amide bonds. The Hall–Kier alpha value is -1.29. The lowest BCUT2D eigenvalue weighted by Crippen LogP contribution is -2.06. The maximum absolute atomic E-state index is 5.25. The number of aromatic nitrogens is 1. The smallest absolute Gasteiger partial charge is 0.127 e. The first-order valence-electron chi connectivity index (χ1n) is 5.32. The van der Waals surface area contributed by atoms with Gasteiger partial charge in [-0.1, -0.05) is 0 Å². The zero-order valence-electron chi connectivity index (χ0n) is 9.42. The fourth-order valence-electron chi connectivity index (χ4n) is 1.23. The van der Waals surface area contributed by atoms with Crippen molar-refractivity contribution in [2.75, 3.05) is 37.4 Å². The summed E-state index contributed by atoms with van der Waals surface area (Å²) in [5, 5.41) is 6.32. The van der Waals surface area contributed by atoms with Crippen LogP contribution in [0.2, 0.25) is 0 Å². The van der Waals surface area contributed by atoms with Gasteiger partial charge in [0.15, 0.2) is 0 Å². The highest BCUT2D eigenvalue weighted by atomic mass is 16.5. The Morgan fingerprint density at radius 3 is 3.07 bits per heavy atom. The minimum atomic E-state index is 0.791. The lowest BCUT2D eigenvalue weighted by atomic mass is 10.3. The van der Waals surface area contributed by atoms with Crippen molar-refractivity contribution in [1.82, 2.24) is 4.98 Å². The third-order valence-corrected chi connectivity index (χ3v) is 2.01. The number of pyridine rings is 1. The molecule has 0 radical (unpaired) electrons. The van der Waals surface area contributed by atoms with Crippen LogP contribution in [0.5, 0.6) is 0 Å². The quantitative estimate of drug-likeness (QED) is 0.674. The highest BCUT2D eigenvalue weighted by Crippen LogP contribution is 2.10. The molecule has 0 aliphatic rings. The Morgan fingerprint density at radius 1 is 1.47 bits per heavy atom. The molecule has 0 saturated heterocycles. The first-order valence-corrected chi connectivity index (χ1v) is 5.32. The molecule has 0 bridgehead atoms. The normalized spacial score (nSPS) is 10.0. The molecular weight excluding hydrogens is 190 g/mol. The maximum atomic E-state index is 5.25. The minimum absolute atomic E-state index is 0.791. The highest BCUT2D eigenvalue weighted by Gasteiger charge is 1.94. The second kappa shape index (κ2) is 7.06. The number of hydrogen-bond donors (Lipinski definition) is 2. The second-order valence-electron chi connectivity index (χ2n) is 3.16. The third kappa shape index (κ3) is 4.65. The van der Waals surface area contributed by atoms with E-state index in [0.29, 0.717) is 0 Å². The molecule has 4 heteroatoms. The average molecular weight is 209 g/mol. The van der Waals surface area contributed by atoms with Gasteiger partial charge in [0, 0.05) is 44.8 Å². The molecule has 0 aliphatic carbocycles. The Morgan fingerprint density at radius 2 is 2.33 bits per heavy atom. The molecule has 15 heavy (non-hydrogen) atoms. The molecule has 84 valence electrons. The summed E-state index contributed by atoms with van der Waals surface area (Å²) in [5.41, 5.74) is 1.09. The van der Waals surface area contributed by atoms with Crippen molar-refractivity contribution in [2.24, 2.45) is 0 Å². The van der Waals surface area contributed by atoms with Crippen molar-refractivity contribution in [2.45, 2.75) is 13.3 Å². The molecule has 0 aliphatic heterocycles. The minimum Gasteiger partial charge on any atom is -0.385 e. The average Bonchev–Trinajstić information content (AvgIpc) is 2.29. The van der Waals surface area contributed by atoms with Crippen LogP contribution in [-0.4, -0.2) is 31.8 Å². The van der Waals surface area contributed by atoms with Gasteiger partial charge >= 0.3 is 0 Å². The zero-order chi connectivity index (χ0) is 10.9. The standard InChI is InChI=1S/C11H19N3O/c1-3-15-8-4-6-13-10-5-7-14-11(9-10)12-2/h5,7,9H,3-4,6,8H2,1-2H3,(H2,12,13,14). The van der Waals surface area contributed by atoms with Crippen molar-refractivity contribution in [3.63, 3.8) is 0 Å². The predicted molar refractivity (Wildman–Crippen MR) is 63.4 cm³/mol. The molecule has 2 N–H and O–H groups in total. The van der Waals surface area contributed by atoms with Crippen LogP contribution in [0.25, 0.3) is 0 Å². The van der Waals surface area contributed by atoms with Gasteiger partial charge in [-0.25, -0.2) is 4.98 Å². The monoisotopic (exact) mass is 209 g/mol. The summed E-state index contributed by atoms with van der Waals surface area (Å²) in [6, 6.07) is 3.95. The molecule has 1 aromatic heterocycles. The fourth-order valence-corrected chi connectivity index (χ4v) is 1.23. The van der Waals surface area contributed by atoms with E-state index in [0.717, 1.165) is 37.7 Å². The van der Waals surface area contributed by atoms with Crippen LogP contribution in [0.3, 0.4) is 0 Å². The van der Waals surface area contributed by atoms with Crippen LogP contribution in [-0.2, 0) is 4.74 Å². The van der Waals surface area contributed by atoms with E-state index in [1.54, 1.807) is 6.20 Å². The molecule has 0 spiro atoms. The van der Waals surface area contributed by atoms with Crippen LogP contribution in [0, 0.1) is 0 Å². The van der Waals surface area contributed by atoms with Crippen LogP contribution in [0.4, 0.5) is 11.5 Å².